The fourth-order valence-electron chi connectivity index (χ4n) is 1.30. The summed E-state index contributed by atoms with van der Waals surface area (Å²) in [6, 6.07) is 2.58. The molecule has 0 saturated carbocycles. The monoisotopic (exact) mass is 288 g/mol. The second-order valence-electron chi connectivity index (χ2n) is 3.55. The molecule has 0 aromatic carbocycles. The van der Waals surface area contributed by atoms with Gasteiger partial charge in [0.1, 0.15) is 5.82 Å². The molecule has 1 N–H and O–H groups in total. The zero-order valence-electron chi connectivity index (χ0n) is 9.38. The number of hydrogen-bond donors (Lipinski definition) is 1. The van der Waals surface area contributed by atoms with Crippen LogP contribution >= 0.6 is 27.7 Å². The second kappa shape index (κ2) is 6.38. The van der Waals surface area contributed by atoms with E-state index in [-0.39, 0.29) is 0 Å². The summed E-state index contributed by atoms with van der Waals surface area (Å²) in [5, 5.41) is 3.45. The molecule has 0 aliphatic carbocycles. The predicted molar refractivity (Wildman–Crippen MR) is 72.8 cm³/mol. The zero-order valence-corrected chi connectivity index (χ0v) is 11.8. The summed E-state index contributed by atoms with van der Waals surface area (Å²) in [5.41, 5.74) is 1.17. The molecule has 1 unspecified atom stereocenters. The smallest absolute Gasteiger partial charge is 0.140 e. The summed E-state index contributed by atoms with van der Waals surface area (Å²) < 4.78 is 1.04. The average Bonchev–Trinajstić information content (AvgIpc) is 2.21. The van der Waals surface area contributed by atoms with Gasteiger partial charge in [0, 0.05) is 18.0 Å². The topological polar surface area (TPSA) is 24.9 Å². The fourth-order valence-corrected chi connectivity index (χ4v) is 2.60. The largest absolute Gasteiger partial charge is 0.366 e. The number of aromatic nitrogens is 1. The fraction of sp³-hybridized carbons (Fsp3) is 0.545. The third kappa shape index (κ3) is 4.03. The molecule has 0 radical (unpaired) electrons. The maximum atomic E-state index is 4.38. The summed E-state index contributed by atoms with van der Waals surface area (Å²) in [6.45, 7) is 4.23. The summed E-state index contributed by atoms with van der Waals surface area (Å²) in [6.07, 6.45) is 5.13. The molecule has 1 aromatic rings. The lowest BCUT2D eigenvalue weighted by molar-refractivity contribution is 0.769. The van der Waals surface area contributed by atoms with Crippen LogP contribution in [0.4, 0.5) is 5.82 Å². The van der Waals surface area contributed by atoms with Gasteiger partial charge in [-0.1, -0.05) is 6.92 Å². The Balaban J connectivity index is 2.70. The maximum Gasteiger partial charge on any atom is 0.140 e. The van der Waals surface area contributed by atoms with Crippen molar-refractivity contribution in [2.75, 3.05) is 17.3 Å². The highest BCUT2D eigenvalue weighted by molar-refractivity contribution is 9.10. The number of hydrogen-bond acceptors (Lipinski definition) is 3. The van der Waals surface area contributed by atoms with Crippen LogP contribution in [0.15, 0.2) is 16.7 Å². The summed E-state index contributed by atoms with van der Waals surface area (Å²) in [5.74, 6) is 2.06. The molecule has 1 heterocycles. The van der Waals surface area contributed by atoms with Crippen molar-refractivity contribution < 1.29 is 0 Å². The van der Waals surface area contributed by atoms with Gasteiger partial charge in [-0.15, -0.1) is 0 Å². The number of halogens is 1. The minimum Gasteiger partial charge on any atom is -0.366 e. The van der Waals surface area contributed by atoms with E-state index in [2.05, 4.69) is 45.5 Å². The van der Waals surface area contributed by atoms with Gasteiger partial charge in [0.25, 0.3) is 0 Å². The van der Waals surface area contributed by atoms with E-state index in [4.69, 9.17) is 0 Å². The van der Waals surface area contributed by atoms with Gasteiger partial charge in [0.15, 0.2) is 0 Å². The van der Waals surface area contributed by atoms with Crippen LogP contribution in [0.3, 0.4) is 0 Å². The quantitative estimate of drug-likeness (QED) is 0.894. The molecule has 4 heteroatoms. The molecule has 2 nitrogen and oxygen atoms in total. The highest BCUT2D eigenvalue weighted by atomic mass is 79.9. The van der Waals surface area contributed by atoms with Crippen LogP contribution in [0.5, 0.6) is 0 Å². The maximum absolute atomic E-state index is 4.38. The number of nitrogens with zero attached hydrogens (tertiary/aromatic N) is 1. The van der Waals surface area contributed by atoms with Crippen molar-refractivity contribution in [3.8, 4) is 0 Å². The molecule has 0 fully saturated rings. The van der Waals surface area contributed by atoms with Gasteiger partial charge in [0.05, 0.1) is 4.47 Å². The third-order valence-electron chi connectivity index (χ3n) is 2.18. The van der Waals surface area contributed by atoms with Gasteiger partial charge >= 0.3 is 0 Å². The molecule has 15 heavy (non-hydrogen) atoms. The number of anilines is 1. The lowest BCUT2D eigenvalue weighted by Crippen LogP contribution is -2.22. The molecular formula is C11H17BrN2S. The SMILES string of the molecule is CCC(CSC)Nc1ncc(C)cc1Br. The van der Waals surface area contributed by atoms with Crippen molar-refractivity contribution in [3.05, 3.63) is 22.3 Å². The molecule has 0 saturated heterocycles. The summed E-state index contributed by atoms with van der Waals surface area (Å²) in [4.78, 5) is 4.38. The molecule has 0 aliphatic rings. The van der Waals surface area contributed by atoms with Crippen molar-refractivity contribution in [3.63, 3.8) is 0 Å². The Morgan fingerprint density at radius 3 is 2.87 bits per heavy atom. The molecular weight excluding hydrogens is 272 g/mol. The lowest BCUT2D eigenvalue weighted by Gasteiger charge is -2.17. The van der Waals surface area contributed by atoms with E-state index < -0.39 is 0 Å². The zero-order chi connectivity index (χ0) is 11.3. The van der Waals surface area contributed by atoms with E-state index in [0.29, 0.717) is 6.04 Å². The predicted octanol–water partition coefficient (Wildman–Crippen LogP) is 3.71. The normalized spacial score (nSPS) is 12.5. The van der Waals surface area contributed by atoms with Gasteiger partial charge < -0.3 is 5.32 Å². The molecule has 1 rings (SSSR count). The van der Waals surface area contributed by atoms with E-state index in [9.17, 15) is 0 Å². The van der Waals surface area contributed by atoms with E-state index in [1.54, 1.807) is 0 Å². The molecule has 1 atom stereocenters. The second-order valence-corrected chi connectivity index (χ2v) is 5.31. The molecule has 0 amide bonds. The average molecular weight is 289 g/mol. The lowest BCUT2D eigenvalue weighted by atomic mass is 10.2. The van der Waals surface area contributed by atoms with Crippen LogP contribution in [-0.2, 0) is 0 Å². The van der Waals surface area contributed by atoms with Gasteiger partial charge in [-0.05, 0) is 47.2 Å². The number of pyridine rings is 1. The molecule has 1 aromatic heterocycles. The first-order valence-electron chi connectivity index (χ1n) is 5.05. The van der Waals surface area contributed by atoms with Gasteiger partial charge in [-0.3, -0.25) is 0 Å². The van der Waals surface area contributed by atoms with Crippen LogP contribution < -0.4 is 5.32 Å². The Kier molecular flexibility index (Phi) is 5.47. The Morgan fingerprint density at radius 1 is 1.60 bits per heavy atom. The van der Waals surface area contributed by atoms with Crippen LogP contribution in [0.2, 0.25) is 0 Å². The third-order valence-corrected chi connectivity index (χ3v) is 3.52. The highest BCUT2D eigenvalue weighted by Gasteiger charge is 2.08. The Hall–Kier alpha value is -0.220. The van der Waals surface area contributed by atoms with Crippen LogP contribution in [0, 0.1) is 6.92 Å². The minimum atomic E-state index is 0.492. The number of aryl methyl sites for hydroxylation is 1. The number of nitrogens with one attached hydrogen (secondary N) is 1. The van der Waals surface area contributed by atoms with E-state index >= 15 is 0 Å². The Morgan fingerprint density at radius 2 is 2.33 bits per heavy atom. The Labute approximate surface area is 104 Å². The number of rotatable bonds is 5. The van der Waals surface area contributed by atoms with Crippen molar-refractivity contribution in [2.45, 2.75) is 26.3 Å². The Bertz CT molecular complexity index is 317. The van der Waals surface area contributed by atoms with E-state index in [1.165, 1.54) is 5.56 Å². The highest BCUT2D eigenvalue weighted by Crippen LogP contribution is 2.22. The van der Waals surface area contributed by atoms with Gasteiger partial charge in [0.2, 0.25) is 0 Å². The van der Waals surface area contributed by atoms with E-state index in [0.717, 1.165) is 22.5 Å². The van der Waals surface area contributed by atoms with Crippen molar-refractivity contribution in [1.29, 1.82) is 0 Å². The number of thioether (sulfide) groups is 1. The van der Waals surface area contributed by atoms with Gasteiger partial charge in [-0.25, -0.2) is 4.98 Å². The minimum absolute atomic E-state index is 0.492. The van der Waals surface area contributed by atoms with E-state index in [1.807, 2.05) is 24.9 Å². The molecule has 0 spiro atoms. The molecule has 0 bridgehead atoms. The molecule has 84 valence electrons. The first-order chi connectivity index (χ1) is 7.17. The van der Waals surface area contributed by atoms with Crippen molar-refractivity contribution >= 4 is 33.5 Å². The first-order valence-corrected chi connectivity index (χ1v) is 7.23. The van der Waals surface area contributed by atoms with Crippen LogP contribution in [0.25, 0.3) is 0 Å². The summed E-state index contributed by atoms with van der Waals surface area (Å²) in [7, 11) is 0. The first kappa shape index (κ1) is 12.8. The van der Waals surface area contributed by atoms with Crippen LogP contribution in [-0.4, -0.2) is 23.0 Å². The van der Waals surface area contributed by atoms with Crippen molar-refractivity contribution in [1.82, 2.24) is 4.98 Å². The van der Waals surface area contributed by atoms with Gasteiger partial charge in [-0.2, -0.15) is 11.8 Å². The summed E-state index contributed by atoms with van der Waals surface area (Å²) >= 11 is 5.38. The van der Waals surface area contributed by atoms with Crippen molar-refractivity contribution in [2.24, 2.45) is 0 Å². The molecule has 0 aliphatic heterocycles. The standard InChI is InChI=1S/C11H17BrN2S/c1-4-9(7-15-3)14-11-10(12)5-8(2)6-13-11/h5-6,9H,4,7H2,1-3H3,(H,13,14). The van der Waals surface area contributed by atoms with Crippen LogP contribution in [0.1, 0.15) is 18.9 Å².